The normalized spacial score (nSPS) is 11.8. The van der Waals surface area contributed by atoms with E-state index in [0.717, 1.165) is 0 Å². The molecule has 120 valence electrons. The highest BCUT2D eigenvalue weighted by molar-refractivity contribution is 7.89. The lowest BCUT2D eigenvalue weighted by atomic mass is 10.2. The molecule has 0 aliphatic carbocycles. The van der Waals surface area contributed by atoms with Crippen LogP contribution in [0, 0.1) is 5.92 Å². The van der Waals surface area contributed by atoms with Crippen molar-refractivity contribution in [3.63, 3.8) is 0 Å². The molecule has 1 heterocycles. The summed E-state index contributed by atoms with van der Waals surface area (Å²) in [6.07, 6.45) is 2.13. The van der Waals surface area contributed by atoms with Crippen LogP contribution in [-0.4, -0.2) is 39.7 Å². The molecule has 6 nitrogen and oxygen atoms in total. The van der Waals surface area contributed by atoms with Gasteiger partial charge in [-0.25, -0.2) is 18.1 Å². The van der Waals surface area contributed by atoms with Crippen molar-refractivity contribution in [3.05, 3.63) is 18.3 Å². The van der Waals surface area contributed by atoms with Gasteiger partial charge < -0.3 is 10.1 Å². The average Bonchev–Trinajstić information content (AvgIpc) is 2.43. The zero-order valence-corrected chi connectivity index (χ0v) is 13.7. The van der Waals surface area contributed by atoms with Gasteiger partial charge in [0.15, 0.2) is 0 Å². The number of nitrogens with zero attached hydrogens (tertiary/aromatic N) is 1. The van der Waals surface area contributed by atoms with Gasteiger partial charge in [-0.3, -0.25) is 0 Å². The second-order valence-electron chi connectivity index (χ2n) is 5.13. The lowest BCUT2D eigenvalue weighted by Crippen LogP contribution is -2.26. The Bertz CT molecular complexity index is 518. The van der Waals surface area contributed by atoms with Crippen LogP contribution in [0.1, 0.15) is 27.2 Å². The topological polar surface area (TPSA) is 80.3 Å². The summed E-state index contributed by atoms with van der Waals surface area (Å²) in [5.74, 6) is 1.05. The van der Waals surface area contributed by atoms with Crippen molar-refractivity contribution in [1.29, 1.82) is 0 Å². The number of sulfonamides is 1. The first-order chi connectivity index (χ1) is 9.95. The van der Waals surface area contributed by atoms with E-state index >= 15 is 0 Å². The van der Waals surface area contributed by atoms with Gasteiger partial charge in [-0.2, -0.15) is 0 Å². The molecule has 2 N–H and O–H groups in total. The molecule has 0 unspecified atom stereocenters. The zero-order chi connectivity index (χ0) is 15.7. The summed E-state index contributed by atoms with van der Waals surface area (Å²) in [4.78, 5) is 4.28. The van der Waals surface area contributed by atoms with Crippen molar-refractivity contribution in [2.75, 3.05) is 31.6 Å². The van der Waals surface area contributed by atoms with E-state index in [1.807, 2.05) is 6.92 Å². The first-order valence-corrected chi connectivity index (χ1v) is 8.71. The van der Waals surface area contributed by atoms with Gasteiger partial charge in [-0.05, 0) is 25.3 Å². The molecule has 0 saturated heterocycles. The quantitative estimate of drug-likeness (QED) is 0.644. The molecule has 1 rings (SSSR count). The monoisotopic (exact) mass is 315 g/mol. The van der Waals surface area contributed by atoms with E-state index in [2.05, 4.69) is 28.9 Å². The largest absolute Gasteiger partial charge is 0.381 e. The highest BCUT2D eigenvalue weighted by Gasteiger charge is 2.13. The minimum atomic E-state index is -3.49. The molecule has 7 heteroatoms. The number of hydrogen-bond acceptors (Lipinski definition) is 5. The molecule has 0 fully saturated rings. The maximum Gasteiger partial charge on any atom is 0.240 e. The van der Waals surface area contributed by atoms with Crippen molar-refractivity contribution < 1.29 is 13.2 Å². The maximum absolute atomic E-state index is 12.1. The van der Waals surface area contributed by atoms with Crippen LogP contribution in [0.5, 0.6) is 0 Å². The molecule has 0 aromatic carbocycles. The number of anilines is 1. The molecule has 0 radical (unpaired) electrons. The number of pyridine rings is 1. The molecule has 0 aliphatic rings. The summed E-state index contributed by atoms with van der Waals surface area (Å²) >= 11 is 0. The van der Waals surface area contributed by atoms with Crippen LogP contribution in [0.15, 0.2) is 23.2 Å². The fourth-order valence-corrected chi connectivity index (χ4v) is 2.73. The third kappa shape index (κ3) is 6.88. The number of rotatable bonds is 10. The van der Waals surface area contributed by atoms with E-state index in [4.69, 9.17) is 4.74 Å². The Morgan fingerprint density at radius 1 is 1.38 bits per heavy atom. The molecule has 21 heavy (non-hydrogen) atoms. The Balaban J connectivity index is 2.44. The van der Waals surface area contributed by atoms with Gasteiger partial charge in [0.05, 0.1) is 4.90 Å². The first kappa shape index (κ1) is 17.9. The van der Waals surface area contributed by atoms with Crippen LogP contribution in [-0.2, 0) is 14.8 Å². The Labute approximate surface area is 127 Å². The smallest absolute Gasteiger partial charge is 0.240 e. The Morgan fingerprint density at radius 3 is 2.81 bits per heavy atom. The lowest BCUT2D eigenvalue weighted by Gasteiger charge is -2.09. The Kier molecular flexibility index (Phi) is 7.63. The van der Waals surface area contributed by atoms with Crippen molar-refractivity contribution in [2.45, 2.75) is 32.1 Å². The molecule has 0 aliphatic heterocycles. The van der Waals surface area contributed by atoms with E-state index in [1.54, 1.807) is 0 Å². The second-order valence-corrected chi connectivity index (χ2v) is 6.89. The SMILES string of the molecule is CCNc1cc(S(=O)(=O)NCCCOCC(C)C)ccn1. The summed E-state index contributed by atoms with van der Waals surface area (Å²) in [5.41, 5.74) is 0. The van der Waals surface area contributed by atoms with Crippen molar-refractivity contribution in [2.24, 2.45) is 5.92 Å². The second kappa shape index (κ2) is 8.96. The van der Waals surface area contributed by atoms with Gasteiger partial charge in [0.25, 0.3) is 0 Å². The van der Waals surface area contributed by atoms with Crippen LogP contribution in [0.4, 0.5) is 5.82 Å². The van der Waals surface area contributed by atoms with Crippen LogP contribution in [0.25, 0.3) is 0 Å². The fraction of sp³-hybridized carbons (Fsp3) is 0.643. The van der Waals surface area contributed by atoms with Gasteiger partial charge in [0.2, 0.25) is 10.0 Å². The van der Waals surface area contributed by atoms with Gasteiger partial charge in [0, 0.05) is 38.6 Å². The van der Waals surface area contributed by atoms with Crippen molar-refractivity contribution in [3.8, 4) is 0 Å². The predicted octanol–water partition coefficient (Wildman–Crippen LogP) is 1.85. The van der Waals surface area contributed by atoms with Crippen LogP contribution in [0.2, 0.25) is 0 Å². The van der Waals surface area contributed by atoms with Crippen LogP contribution >= 0.6 is 0 Å². The van der Waals surface area contributed by atoms with Crippen LogP contribution < -0.4 is 10.0 Å². The summed E-state index contributed by atoms with van der Waals surface area (Å²) in [6, 6.07) is 3.01. The number of aromatic nitrogens is 1. The molecular formula is C14H25N3O3S. The summed E-state index contributed by atoms with van der Waals surface area (Å²) in [5, 5.41) is 2.99. The summed E-state index contributed by atoms with van der Waals surface area (Å²) < 4.78 is 32.2. The zero-order valence-electron chi connectivity index (χ0n) is 12.9. The Morgan fingerprint density at radius 2 is 2.14 bits per heavy atom. The molecule has 0 atom stereocenters. The number of hydrogen-bond donors (Lipinski definition) is 2. The van der Waals surface area contributed by atoms with Gasteiger partial charge >= 0.3 is 0 Å². The van der Waals surface area contributed by atoms with Crippen molar-refractivity contribution in [1.82, 2.24) is 9.71 Å². The first-order valence-electron chi connectivity index (χ1n) is 7.23. The molecule has 0 spiro atoms. The third-order valence-electron chi connectivity index (χ3n) is 2.61. The summed E-state index contributed by atoms with van der Waals surface area (Å²) in [6.45, 7) is 8.39. The molecule has 0 amide bonds. The number of ether oxygens (including phenoxy) is 1. The third-order valence-corrected chi connectivity index (χ3v) is 4.07. The van der Waals surface area contributed by atoms with E-state index in [-0.39, 0.29) is 4.90 Å². The summed E-state index contributed by atoms with van der Waals surface area (Å²) in [7, 11) is -3.49. The molecule has 0 bridgehead atoms. The van der Waals surface area contributed by atoms with E-state index in [0.29, 0.717) is 44.5 Å². The van der Waals surface area contributed by atoms with E-state index < -0.39 is 10.0 Å². The van der Waals surface area contributed by atoms with Gasteiger partial charge in [0.1, 0.15) is 5.82 Å². The van der Waals surface area contributed by atoms with Gasteiger partial charge in [-0.15, -0.1) is 0 Å². The maximum atomic E-state index is 12.1. The standard InChI is InChI=1S/C14H25N3O3S/c1-4-15-14-10-13(6-8-16-14)21(18,19)17-7-5-9-20-11-12(2)3/h6,8,10,12,17H,4-5,7,9,11H2,1-3H3,(H,15,16). The van der Waals surface area contributed by atoms with Gasteiger partial charge in [-0.1, -0.05) is 13.8 Å². The predicted molar refractivity (Wildman–Crippen MR) is 83.9 cm³/mol. The Hall–Kier alpha value is -1.18. The van der Waals surface area contributed by atoms with Crippen LogP contribution in [0.3, 0.4) is 0 Å². The van der Waals surface area contributed by atoms with E-state index in [1.165, 1.54) is 18.3 Å². The molecule has 0 saturated carbocycles. The highest BCUT2D eigenvalue weighted by Crippen LogP contribution is 2.12. The minimum Gasteiger partial charge on any atom is -0.381 e. The number of nitrogens with one attached hydrogen (secondary N) is 2. The van der Waals surface area contributed by atoms with Crippen molar-refractivity contribution >= 4 is 15.8 Å². The highest BCUT2D eigenvalue weighted by atomic mass is 32.2. The lowest BCUT2D eigenvalue weighted by molar-refractivity contribution is 0.108. The fourth-order valence-electron chi connectivity index (χ4n) is 1.64. The molecule has 1 aromatic rings. The molecule has 1 aromatic heterocycles. The molecular weight excluding hydrogens is 290 g/mol. The average molecular weight is 315 g/mol. The van der Waals surface area contributed by atoms with E-state index in [9.17, 15) is 8.42 Å². The minimum absolute atomic E-state index is 0.219.